The van der Waals surface area contributed by atoms with Crippen molar-refractivity contribution in [3.8, 4) is 0 Å². The monoisotopic (exact) mass is 238 g/mol. The molecule has 1 aromatic rings. The smallest absolute Gasteiger partial charge is 0.171 e. The summed E-state index contributed by atoms with van der Waals surface area (Å²) in [5.74, 6) is 0.326. The lowest BCUT2D eigenvalue weighted by atomic mass is 9.76. The molecule has 0 atom stereocenters. The van der Waals surface area contributed by atoms with Gasteiger partial charge in [0.05, 0.1) is 5.69 Å². The van der Waals surface area contributed by atoms with Crippen LogP contribution < -0.4 is 5.32 Å². The Morgan fingerprint density at radius 2 is 2.06 bits per heavy atom. The van der Waals surface area contributed by atoms with E-state index >= 15 is 0 Å². The van der Waals surface area contributed by atoms with E-state index in [0.29, 0.717) is 5.78 Å². The number of Topliss-reactive ketones (excluding diaryl/α,β-unsaturated/α-hetero) is 1. The molecular weight excluding hydrogens is 224 g/mol. The SMILES string of the molecule is Cl.O=C1c2cccnc2CC12CCNCC2. The third kappa shape index (κ3) is 1.55. The van der Waals surface area contributed by atoms with Crippen molar-refractivity contribution in [2.75, 3.05) is 13.1 Å². The van der Waals surface area contributed by atoms with E-state index < -0.39 is 0 Å². The van der Waals surface area contributed by atoms with Crippen LogP contribution in [0.3, 0.4) is 0 Å². The maximum atomic E-state index is 12.3. The maximum absolute atomic E-state index is 12.3. The van der Waals surface area contributed by atoms with Crippen LogP contribution in [0.4, 0.5) is 0 Å². The molecule has 4 heteroatoms. The van der Waals surface area contributed by atoms with Gasteiger partial charge in [0.15, 0.2) is 5.78 Å². The summed E-state index contributed by atoms with van der Waals surface area (Å²) >= 11 is 0. The summed E-state index contributed by atoms with van der Waals surface area (Å²) in [6.07, 6.45) is 4.56. The highest BCUT2D eigenvalue weighted by Crippen LogP contribution is 2.42. The lowest BCUT2D eigenvalue weighted by Crippen LogP contribution is -2.40. The second-order valence-corrected chi connectivity index (χ2v) is 4.53. The highest BCUT2D eigenvalue weighted by molar-refractivity contribution is 6.04. The zero-order valence-electron chi connectivity index (χ0n) is 9.03. The van der Waals surface area contributed by atoms with Crippen LogP contribution >= 0.6 is 12.4 Å². The minimum atomic E-state index is -0.123. The van der Waals surface area contributed by atoms with Gasteiger partial charge in [-0.15, -0.1) is 12.4 Å². The number of halogens is 1. The van der Waals surface area contributed by atoms with E-state index in [9.17, 15) is 4.79 Å². The Bertz CT molecular complexity index is 413. The molecule has 1 saturated heterocycles. The lowest BCUT2D eigenvalue weighted by molar-refractivity contribution is 0.0761. The van der Waals surface area contributed by atoms with E-state index in [-0.39, 0.29) is 17.8 Å². The molecule has 2 aliphatic rings. The van der Waals surface area contributed by atoms with Crippen molar-refractivity contribution in [3.63, 3.8) is 0 Å². The van der Waals surface area contributed by atoms with Gasteiger partial charge in [-0.3, -0.25) is 9.78 Å². The zero-order valence-corrected chi connectivity index (χ0v) is 9.85. The second-order valence-electron chi connectivity index (χ2n) is 4.53. The molecule has 16 heavy (non-hydrogen) atoms. The van der Waals surface area contributed by atoms with Gasteiger partial charge in [-0.05, 0) is 38.1 Å². The van der Waals surface area contributed by atoms with Crippen LogP contribution in [0.5, 0.6) is 0 Å². The van der Waals surface area contributed by atoms with Gasteiger partial charge in [0.2, 0.25) is 0 Å². The summed E-state index contributed by atoms with van der Waals surface area (Å²) in [6.45, 7) is 1.92. The molecule has 0 radical (unpaired) electrons. The molecule has 0 bridgehead atoms. The highest BCUT2D eigenvalue weighted by atomic mass is 35.5. The zero-order chi connectivity index (χ0) is 10.3. The molecule has 1 spiro atoms. The van der Waals surface area contributed by atoms with E-state index in [1.54, 1.807) is 6.20 Å². The Labute approximate surface area is 101 Å². The third-order valence-electron chi connectivity index (χ3n) is 3.68. The van der Waals surface area contributed by atoms with Crippen molar-refractivity contribution in [1.29, 1.82) is 0 Å². The number of piperidine rings is 1. The fraction of sp³-hybridized carbons (Fsp3) is 0.500. The summed E-state index contributed by atoms with van der Waals surface area (Å²) < 4.78 is 0. The second kappa shape index (κ2) is 4.15. The largest absolute Gasteiger partial charge is 0.317 e. The molecule has 1 fully saturated rings. The molecule has 0 aromatic carbocycles. The predicted molar refractivity (Wildman–Crippen MR) is 64.1 cm³/mol. The molecule has 86 valence electrons. The van der Waals surface area contributed by atoms with Crippen LogP contribution in [0.1, 0.15) is 28.9 Å². The van der Waals surface area contributed by atoms with Gasteiger partial charge in [0, 0.05) is 23.6 Å². The summed E-state index contributed by atoms with van der Waals surface area (Å²) in [4.78, 5) is 16.6. The summed E-state index contributed by atoms with van der Waals surface area (Å²) in [6, 6.07) is 3.78. The molecule has 3 nitrogen and oxygen atoms in total. The molecule has 1 aliphatic carbocycles. The van der Waals surface area contributed by atoms with Crippen LogP contribution in [-0.4, -0.2) is 23.9 Å². The first kappa shape index (κ1) is 11.6. The minimum absolute atomic E-state index is 0. The van der Waals surface area contributed by atoms with Crippen LogP contribution in [0.15, 0.2) is 18.3 Å². The van der Waals surface area contributed by atoms with Crippen LogP contribution in [0.25, 0.3) is 0 Å². The van der Waals surface area contributed by atoms with Crippen LogP contribution in [0, 0.1) is 5.41 Å². The summed E-state index contributed by atoms with van der Waals surface area (Å²) in [7, 11) is 0. The first-order valence-corrected chi connectivity index (χ1v) is 5.51. The van der Waals surface area contributed by atoms with Gasteiger partial charge in [0.25, 0.3) is 0 Å². The Morgan fingerprint density at radius 3 is 2.75 bits per heavy atom. The van der Waals surface area contributed by atoms with Gasteiger partial charge in [0.1, 0.15) is 0 Å². The summed E-state index contributed by atoms with van der Waals surface area (Å²) in [5, 5.41) is 3.31. The fourth-order valence-electron chi connectivity index (χ4n) is 2.78. The van der Waals surface area contributed by atoms with E-state index in [0.717, 1.165) is 43.6 Å². The molecule has 0 unspecified atom stereocenters. The van der Waals surface area contributed by atoms with E-state index in [2.05, 4.69) is 10.3 Å². The van der Waals surface area contributed by atoms with Gasteiger partial charge >= 0.3 is 0 Å². The maximum Gasteiger partial charge on any atom is 0.171 e. The first-order valence-electron chi connectivity index (χ1n) is 5.51. The van der Waals surface area contributed by atoms with Crippen molar-refractivity contribution >= 4 is 18.2 Å². The third-order valence-corrected chi connectivity index (χ3v) is 3.68. The number of aromatic nitrogens is 1. The number of fused-ring (bicyclic) bond motifs is 1. The molecule has 1 aromatic heterocycles. The first-order chi connectivity index (χ1) is 7.32. The molecule has 0 amide bonds. The number of pyridine rings is 1. The predicted octanol–water partition coefficient (Wildman–Crippen LogP) is 1.61. The number of carbonyl (C=O) groups excluding carboxylic acids is 1. The van der Waals surface area contributed by atoms with Gasteiger partial charge in [-0.1, -0.05) is 0 Å². The molecular formula is C12H15ClN2O. The van der Waals surface area contributed by atoms with Crippen molar-refractivity contribution in [2.45, 2.75) is 19.3 Å². The van der Waals surface area contributed by atoms with E-state index in [1.165, 1.54) is 0 Å². The number of carbonyl (C=O) groups is 1. The standard InChI is InChI=1S/C12H14N2O.ClH/c15-11-9-2-1-5-14-10(9)8-12(11)3-6-13-7-4-12;/h1-2,5,13H,3-4,6-8H2;1H. The normalized spacial score (nSPS) is 21.6. The van der Waals surface area contributed by atoms with Gasteiger partial charge in [-0.25, -0.2) is 0 Å². The number of hydrogen-bond donors (Lipinski definition) is 1. The topological polar surface area (TPSA) is 42.0 Å². The van der Waals surface area contributed by atoms with Crippen LogP contribution in [-0.2, 0) is 6.42 Å². The summed E-state index contributed by atoms with van der Waals surface area (Å²) in [5.41, 5.74) is 1.74. The van der Waals surface area contributed by atoms with E-state index in [1.807, 2.05) is 12.1 Å². The number of hydrogen-bond acceptors (Lipinski definition) is 3. The number of nitrogens with one attached hydrogen (secondary N) is 1. The number of rotatable bonds is 0. The number of nitrogens with zero attached hydrogens (tertiary/aromatic N) is 1. The van der Waals surface area contributed by atoms with Gasteiger partial charge < -0.3 is 5.32 Å². The Morgan fingerprint density at radius 1 is 1.31 bits per heavy atom. The molecule has 3 rings (SSSR count). The highest BCUT2D eigenvalue weighted by Gasteiger charge is 2.46. The quantitative estimate of drug-likeness (QED) is 0.747. The average molecular weight is 239 g/mol. The lowest BCUT2D eigenvalue weighted by Gasteiger charge is -2.31. The van der Waals surface area contributed by atoms with Crippen LogP contribution in [0.2, 0.25) is 0 Å². The molecule has 1 aliphatic heterocycles. The van der Waals surface area contributed by atoms with Crippen molar-refractivity contribution in [1.82, 2.24) is 10.3 Å². The van der Waals surface area contributed by atoms with Crippen molar-refractivity contribution in [2.24, 2.45) is 5.41 Å². The Kier molecular flexibility index (Phi) is 3.00. The minimum Gasteiger partial charge on any atom is -0.317 e. The van der Waals surface area contributed by atoms with Crippen molar-refractivity contribution < 1.29 is 4.79 Å². The average Bonchev–Trinajstić information content (AvgIpc) is 2.54. The molecule has 1 N–H and O–H groups in total. The Hall–Kier alpha value is -0.930. The Balaban J connectivity index is 0.000000963. The van der Waals surface area contributed by atoms with E-state index in [4.69, 9.17) is 0 Å². The number of ketones is 1. The molecule has 0 saturated carbocycles. The van der Waals surface area contributed by atoms with Gasteiger partial charge in [-0.2, -0.15) is 0 Å². The van der Waals surface area contributed by atoms with Crippen molar-refractivity contribution in [3.05, 3.63) is 29.6 Å². The fourth-order valence-corrected chi connectivity index (χ4v) is 2.78. The molecule has 2 heterocycles.